The second kappa shape index (κ2) is 7.10. The van der Waals surface area contributed by atoms with Gasteiger partial charge in [0.15, 0.2) is 0 Å². The molecule has 0 bridgehead atoms. The molecule has 0 radical (unpaired) electrons. The zero-order valence-electron chi connectivity index (χ0n) is 12.7. The summed E-state index contributed by atoms with van der Waals surface area (Å²) >= 11 is 3.32. The predicted octanol–water partition coefficient (Wildman–Crippen LogP) is 4.07. The topological polar surface area (TPSA) is 75.1 Å². The quantitative estimate of drug-likeness (QED) is 0.683. The van der Waals surface area contributed by atoms with Crippen LogP contribution >= 0.6 is 15.9 Å². The summed E-state index contributed by atoms with van der Waals surface area (Å²) in [5.74, 6) is -2.21. The van der Waals surface area contributed by atoms with Gasteiger partial charge in [-0.05, 0) is 45.8 Å². The highest BCUT2D eigenvalue weighted by Gasteiger charge is 2.22. The average molecular weight is 408 g/mol. The van der Waals surface area contributed by atoms with Crippen LogP contribution in [-0.2, 0) is 0 Å². The third-order valence-corrected chi connectivity index (χ3v) is 4.21. The SMILES string of the molecule is O=C(O)NC[C@@H](c1cc(F)cc(F)c1)c1nc2ccccc2nc1Br. The first-order valence-corrected chi connectivity index (χ1v) is 8.08. The number of carbonyl (C=O) groups is 1. The Bertz CT molecular complexity index is 932. The van der Waals surface area contributed by atoms with Crippen molar-refractivity contribution in [1.29, 1.82) is 0 Å². The Kier molecular flexibility index (Phi) is 4.89. The van der Waals surface area contributed by atoms with E-state index in [2.05, 4.69) is 31.2 Å². The number of fused-ring (bicyclic) bond motifs is 1. The number of hydrogen-bond donors (Lipinski definition) is 2. The molecule has 25 heavy (non-hydrogen) atoms. The summed E-state index contributed by atoms with van der Waals surface area (Å²) in [5, 5.41) is 11.1. The van der Waals surface area contributed by atoms with Crippen molar-refractivity contribution in [1.82, 2.24) is 15.3 Å². The van der Waals surface area contributed by atoms with Crippen LogP contribution < -0.4 is 5.32 Å². The first-order valence-electron chi connectivity index (χ1n) is 7.29. The van der Waals surface area contributed by atoms with Gasteiger partial charge in [-0.3, -0.25) is 0 Å². The van der Waals surface area contributed by atoms with Gasteiger partial charge < -0.3 is 10.4 Å². The molecule has 1 aromatic heterocycles. The largest absolute Gasteiger partial charge is 0.465 e. The number of halogens is 3. The summed E-state index contributed by atoms with van der Waals surface area (Å²) in [6.07, 6.45) is -1.24. The van der Waals surface area contributed by atoms with Gasteiger partial charge in [0, 0.05) is 18.5 Å². The summed E-state index contributed by atoms with van der Waals surface area (Å²) in [4.78, 5) is 19.8. The highest BCUT2D eigenvalue weighted by Crippen LogP contribution is 2.30. The Balaban J connectivity index is 2.13. The molecule has 0 aliphatic heterocycles. The van der Waals surface area contributed by atoms with Gasteiger partial charge in [-0.25, -0.2) is 23.5 Å². The third kappa shape index (κ3) is 3.90. The molecule has 0 unspecified atom stereocenters. The highest BCUT2D eigenvalue weighted by molar-refractivity contribution is 9.10. The van der Waals surface area contributed by atoms with Crippen molar-refractivity contribution in [2.45, 2.75) is 5.92 Å². The number of nitrogens with zero attached hydrogens (tertiary/aromatic N) is 2. The minimum Gasteiger partial charge on any atom is -0.465 e. The molecule has 0 saturated carbocycles. The lowest BCUT2D eigenvalue weighted by Crippen LogP contribution is -2.28. The lowest BCUT2D eigenvalue weighted by Gasteiger charge is -2.18. The zero-order valence-corrected chi connectivity index (χ0v) is 14.3. The van der Waals surface area contributed by atoms with Gasteiger partial charge in [0.2, 0.25) is 0 Å². The van der Waals surface area contributed by atoms with E-state index in [9.17, 15) is 13.6 Å². The minimum atomic E-state index is -1.24. The third-order valence-electron chi connectivity index (χ3n) is 3.63. The monoisotopic (exact) mass is 407 g/mol. The Hall–Kier alpha value is -2.61. The number of aromatic nitrogens is 2. The molecule has 3 rings (SSSR count). The molecule has 0 saturated heterocycles. The van der Waals surface area contributed by atoms with E-state index in [1.54, 1.807) is 18.2 Å². The van der Waals surface area contributed by atoms with Crippen molar-refractivity contribution >= 4 is 33.1 Å². The van der Waals surface area contributed by atoms with E-state index in [0.29, 0.717) is 21.3 Å². The molecule has 0 spiro atoms. The molecule has 8 heteroatoms. The molecular formula is C17H12BrF2N3O2. The molecule has 3 aromatic rings. The standard InChI is InChI=1S/C17H12BrF2N3O2/c18-16-15(22-13-3-1-2-4-14(13)23-16)12(8-21-17(24)25)9-5-10(19)7-11(20)6-9/h1-7,12,21H,8H2,(H,24,25)/t12-/m0/s1. The van der Waals surface area contributed by atoms with E-state index in [0.717, 1.165) is 18.2 Å². The van der Waals surface area contributed by atoms with Gasteiger partial charge in [0.1, 0.15) is 16.2 Å². The fraction of sp³-hybridized carbons (Fsp3) is 0.118. The van der Waals surface area contributed by atoms with Gasteiger partial charge in [0.25, 0.3) is 0 Å². The maximum Gasteiger partial charge on any atom is 0.404 e. The number of rotatable bonds is 4. The Morgan fingerprint density at radius 3 is 2.32 bits per heavy atom. The van der Waals surface area contributed by atoms with Crippen LogP contribution in [0.5, 0.6) is 0 Å². The first kappa shape index (κ1) is 17.2. The summed E-state index contributed by atoms with van der Waals surface area (Å²) < 4.78 is 27.6. The number of amides is 1. The van der Waals surface area contributed by atoms with Crippen molar-refractivity contribution in [2.75, 3.05) is 6.54 Å². The zero-order chi connectivity index (χ0) is 18.0. The van der Waals surface area contributed by atoms with Crippen molar-refractivity contribution in [3.05, 3.63) is 70.0 Å². The normalized spacial score (nSPS) is 12.1. The van der Waals surface area contributed by atoms with E-state index in [-0.39, 0.29) is 12.1 Å². The fourth-order valence-electron chi connectivity index (χ4n) is 2.55. The predicted molar refractivity (Wildman–Crippen MR) is 91.5 cm³/mol. The number of carboxylic acid groups (broad SMARTS) is 1. The van der Waals surface area contributed by atoms with E-state index in [4.69, 9.17) is 5.11 Å². The average Bonchev–Trinajstić information content (AvgIpc) is 2.54. The molecule has 2 aromatic carbocycles. The molecule has 1 amide bonds. The Morgan fingerprint density at radius 1 is 1.12 bits per heavy atom. The van der Waals surface area contributed by atoms with E-state index in [1.807, 2.05) is 6.07 Å². The summed E-state index contributed by atoms with van der Waals surface area (Å²) in [6, 6.07) is 10.2. The number of benzene rings is 2. The van der Waals surface area contributed by atoms with Crippen LogP contribution in [0.3, 0.4) is 0 Å². The molecule has 128 valence electrons. The van der Waals surface area contributed by atoms with E-state index < -0.39 is 23.6 Å². The second-order valence-electron chi connectivity index (χ2n) is 5.33. The molecule has 0 aliphatic carbocycles. The van der Waals surface area contributed by atoms with Gasteiger partial charge in [-0.1, -0.05) is 12.1 Å². The van der Waals surface area contributed by atoms with Crippen LogP contribution in [0.4, 0.5) is 13.6 Å². The fourth-order valence-corrected chi connectivity index (χ4v) is 3.11. The summed E-state index contributed by atoms with van der Waals surface area (Å²) in [7, 11) is 0. The van der Waals surface area contributed by atoms with Crippen LogP contribution in [0, 0.1) is 11.6 Å². The van der Waals surface area contributed by atoms with Crippen LogP contribution in [0.1, 0.15) is 17.2 Å². The smallest absolute Gasteiger partial charge is 0.404 e. The van der Waals surface area contributed by atoms with Crippen molar-refractivity contribution in [3.8, 4) is 0 Å². The van der Waals surface area contributed by atoms with Crippen LogP contribution in [0.15, 0.2) is 47.1 Å². The maximum absolute atomic E-state index is 13.6. The first-order chi connectivity index (χ1) is 11.9. The van der Waals surface area contributed by atoms with Crippen LogP contribution in [0.2, 0.25) is 0 Å². The number of hydrogen-bond acceptors (Lipinski definition) is 3. The lowest BCUT2D eigenvalue weighted by atomic mass is 9.95. The molecule has 1 atom stereocenters. The minimum absolute atomic E-state index is 0.107. The van der Waals surface area contributed by atoms with Gasteiger partial charge >= 0.3 is 6.09 Å². The Labute approximate surface area is 149 Å². The Morgan fingerprint density at radius 2 is 1.72 bits per heavy atom. The van der Waals surface area contributed by atoms with E-state index >= 15 is 0 Å². The van der Waals surface area contributed by atoms with Crippen molar-refractivity contribution < 1.29 is 18.7 Å². The molecule has 0 fully saturated rings. The van der Waals surface area contributed by atoms with Crippen molar-refractivity contribution in [3.63, 3.8) is 0 Å². The van der Waals surface area contributed by atoms with E-state index in [1.165, 1.54) is 0 Å². The maximum atomic E-state index is 13.6. The van der Waals surface area contributed by atoms with Crippen molar-refractivity contribution in [2.24, 2.45) is 0 Å². The van der Waals surface area contributed by atoms with Gasteiger partial charge in [-0.2, -0.15) is 0 Å². The van der Waals surface area contributed by atoms with Gasteiger partial charge in [0.05, 0.1) is 16.7 Å². The number of nitrogens with one attached hydrogen (secondary N) is 1. The molecule has 0 aliphatic rings. The number of para-hydroxylation sites is 2. The summed E-state index contributed by atoms with van der Waals surface area (Å²) in [6.45, 7) is -0.107. The molecule has 1 heterocycles. The highest BCUT2D eigenvalue weighted by atomic mass is 79.9. The summed E-state index contributed by atoms with van der Waals surface area (Å²) in [5.41, 5.74) is 1.89. The second-order valence-corrected chi connectivity index (χ2v) is 6.08. The van der Waals surface area contributed by atoms with Crippen LogP contribution in [0.25, 0.3) is 11.0 Å². The lowest BCUT2D eigenvalue weighted by molar-refractivity contribution is 0.194. The molecule has 5 nitrogen and oxygen atoms in total. The molecular weight excluding hydrogens is 396 g/mol. The molecule has 2 N–H and O–H groups in total. The van der Waals surface area contributed by atoms with Gasteiger partial charge in [-0.15, -0.1) is 0 Å². The van der Waals surface area contributed by atoms with Crippen LogP contribution in [-0.4, -0.2) is 27.7 Å².